The quantitative estimate of drug-likeness (QED) is 0.477. The highest BCUT2D eigenvalue weighted by Crippen LogP contribution is 2.36. The highest BCUT2D eigenvalue weighted by molar-refractivity contribution is 6.36. The van der Waals surface area contributed by atoms with Crippen molar-refractivity contribution in [1.29, 1.82) is 0 Å². The van der Waals surface area contributed by atoms with Crippen molar-refractivity contribution in [2.24, 2.45) is 0 Å². The molecule has 0 atom stereocenters. The van der Waals surface area contributed by atoms with Gasteiger partial charge in [0, 0.05) is 21.3 Å². The Bertz CT molecular complexity index is 895. The van der Waals surface area contributed by atoms with E-state index in [4.69, 9.17) is 23.2 Å². The van der Waals surface area contributed by atoms with Crippen LogP contribution in [-0.4, -0.2) is 9.97 Å². The first-order valence-electron chi connectivity index (χ1n) is 5.88. The fraction of sp³-hybridized carbons (Fsp3) is 0. The second-order valence-electron chi connectivity index (χ2n) is 4.51. The number of fused-ring (bicyclic) bond motifs is 4. The van der Waals surface area contributed by atoms with Crippen molar-refractivity contribution >= 4 is 45.0 Å². The number of nitrogens with zero attached hydrogens (tertiary/aromatic N) is 1. The standard InChI is InChI=1S/C15H8Cl2N2/c16-9-4-5-11-8(6-9)7-13-15(19-11)14-10(17)2-1-3-12(14)18-13/h1-7,19H. The van der Waals surface area contributed by atoms with Crippen LogP contribution in [0.2, 0.25) is 10.0 Å². The molecule has 0 radical (unpaired) electrons. The number of nitrogens with one attached hydrogen (secondary N) is 1. The summed E-state index contributed by atoms with van der Waals surface area (Å²) in [6, 6.07) is 13.5. The van der Waals surface area contributed by atoms with Crippen LogP contribution in [-0.2, 0) is 0 Å². The van der Waals surface area contributed by atoms with E-state index in [0.29, 0.717) is 5.02 Å². The summed E-state index contributed by atoms with van der Waals surface area (Å²) in [7, 11) is 0. The zero-order valence-corrected chi connectivity index (χ0v) is 11.3. The SMILES string of the molecule is Clc1ccc2[nH]c3c4c(Cl)cccc4nc-3cc2c1. The lowest BCUT2D eigenvalue weighted by molar-refractivity contribution is 1.37. The van der Waals surface area contributed by atoms with E-state index >= 15 is 0 Å². The Hall–Kier alpha value is -1.77. The summed E-state index contributed by atoms with van der Waals surface area (Å²) in [5.74, 6) is 0. The van der Waals surface area contributed by atoms with Crippen LogP contribution in [0.25, 0.3) is 33.2 Å². The fourth-order valence-corrected chi connectivity index (χ4v) is 2.89. The van der Waals surface area contributed by atoms with Crippen LogP contribution in [0, 0.1) is 0 Å². The van der Waals surface area contributed by atoms with Gasteiger partial charge in [0.1, 0.15) is 0 Å². The van der Waals surface area contributed by atoms with Crippen LogP contribution in [0.3, 0.4) is 0 Å². The monoisotopic (exact) mass is 286 g/mol. The molecule has 4 heteroatoms. The Morgan fingerprint density at radius 2 is 1.89 bits per heavy atom. The van der Waals surface area contributed by atoms with Gasteiger partial charge in [-0.25, -0.2) is 4.98 Å². The van der Waals surface area contributed by atoms with Crippen LogP contribution in [0.15, 0.2) is 42.5 Å². The maximum Gasteiger partial charge on any atom is 0.0886 e. The molecule has 0 bridgehead atoms. The lowest BCUT2D eigenvalue weighted by Gasteiger charge is -2.04. The van der Waals surface area contributed by atoms with Gasteiger partial charge in [-0.2, -0.15) is 0 Å². The minimum Gasteiger partial charge on any atom is -0.353 e. The number of aromatic nitrogens is 2. The molecule has 2 nitrogen and oxygen atoms in total. The molecule has 4 rings (SSSR count). The van der Waals surface area contributed by atoms with Crippen LogP contribution < -0.4 is 0 Å². The van der Waals surface area contributed by atoms with Crippen LogP contribution in [0.5, 0.6) is 0 Å². The van der Waals surface area contributed by atoms with E-state index in [0.717, 1.165) is 38.2 Å². The summed E-state index contributed by atoms with van der Waals surface area (Å²) in [5, 5.41) is 3.44. The average Bonchev–Trinajstić information content (AvgIpc) is 2.74. The van der Waals surface area contributed by atoms with Crippen molar-refractivity contribution in [3.63, 3.8) is 0 Å². The Morgan fingerprint density at radius 3 is 2.79 bits per heavy atom. The van der Waals surface area contributed by atoms with Crippen LogP contribution in [0.1, 0.15) is 0 Å². The van der Waals surface area contributed by atoms with Crippen LogP contribution >= 0.6 is 23.2 Å². The van der Waals surface area contributed by atoms with Crippen molar-refractivity contribution in [2.45, 2.75) is 0 Å². The maximum atomic E-state index is 6.27. The van der Waals surface area contributed by atoms with Crippen molar-refractivity contribution in [2.75, 3.05) is 0 Å². The van der Waals surface area contributed by atoms with E-state index in [1.165, 1.54) is 0 Å². The van der Waals surface area contributed by atoms with Gasteiger partial charge < -0.3 is 4.98 Å². The zero-order chi connectivity index (χ0) is 13.0. The van der Waals surface area contributed by atoms with Crippen molar-refractivity contribution < 1.29 is 0 Å². The number of hydrogen-bond donors (Lipinski definition) is 1. The van der Waals surface area contributed by atoms with E-state index < -0.39 is 0 Å². The van der Waals surface area contributed by atoms with Gasteiger partial charge in [-0.05, 0) is 36.4 Å². The summed E-state index contributed by atoms with van der Waals surface area (Å²) in [5.41, 5.74) is 3.79. The summed E-state index contributed by atoms with van der Waals surface area (Å²) in [6.45, 7) is 0. The molecule has 0 spiro atoms. The van der Waals surface area contributed by atoms with E-state index in [1.807, 2.05) is 42.5 Å². The predicted molar refractivity (Wildman–Crippen MR) is 80.2 cm³/mol. The lowest BCUT2D eigenvalue weighted by atomic mass is 10.1. The molecule has 0 fully saturated rings. The summed E-state index contributed by atoms with van der Waals surface area (Å²) in [4.78, 5) is 7.99. The predicted octanol–water partition coefficient (Wildman–Crippen LogP) is 5.13. The molecule has 0 aromatic heterocycles. The number of benzene rings is 2. The summed E-state index contributed by atoms with van der Waals surface area (Å²) < 4.78 is 0. The second-order valence-corrected chi connectivity index (χ2v) is 5.35. The molecule has 19 heavy (non-hydrogen) atoms. The Labute approximate surface area is 119 Å². The van der Waals surface area contributed by atoms with Crippen LogP contribution in [0.4, 0.5) is 0 Å². The van der Waals surface area contributed by atoms with Gasteiger partial charge in [-0.15, -0.1) is 0 Å². The number of rotatable bonds is 0. The van der Waals surface area contributed by atoms with E-state index in [2.05, 4.69) is 9.97 Å². The smallest absolute Gasteiger partial charge is 0.0886 e. The topological polar surface area (TPSA) is 28.7 Å². The molecule has 2 aromatic carbocycles. The zero-order valence-electron chi connectivity index (χ0n) is 9.74. The van der Waals surface area contributed by atoms with Gasteiger partial charge in [0.05, 0.1) is 21.9 Å². The number of halogens is 2. The minimum atomic E-state index is 0.713. The molecular formula is C15H8Cl2N2. The molecule has 1 N–H and O–H groups in total. The molecule has 0 amide bonds. The lowest BCUT2D eigenvalue weighted by Crippen LogP contribution is -1.85. The van der Waals surface area contributed by atoms with Crippen molar-refractivity contribution in [3.8, 4) is 11.4 Å². The molecular weight excluding hydrogens is 279 g/mol. The fourth-order valence-electron chi connectivity index (χ4n) is 2.45. The Balaban J connectivity index is 2.21. The summed E-state index contributed by atoms with van der Waals surface area (Å²) >= 11 is 12.3. The third-order valence-corrected chi connectivity index (χ3v) is 3.85. The molecule has 2 aromatic rings. The molecule has 0 unspecified atom stereocenters. The Kier molecular flexibility index (Phi) is 2.25. The largest absolute Gasteiger partial charge is 0.353 e. The number of aromatic amines is 1. The molecule has 0 saturated heterocycles. The van der Waals surface area contributed by atoms with E-state index in [-0.39, 0.29) is 0 Å². The summed E-state index contributed by atoms with van der Waals surface area (Å²) in [6.07, 6.45) is 0. The van der Waals surface area contributed by atoms with Gasteiger partial charge in [0.15, 0.2) is 0 Å². The van der Waals surface area contributed by atoms with Gasteiger partial charge in [0.2, 0.25) is 0 Å². The van der Waals surface area contributed by atoms with E-state index in [9.17, 15) is 0 Å². The third kappa shape index (κ3) is 1.61. The Morgan fingerprint density at radius 1 is 1.00 bits per heavy atom. The average molecular weight is 287 g/mol. The first kappa shape index (κ1) is 11.1. The second kappa shape index (κ2) is 3.86. The van der Waals surface area contributed by atoms with Gasteiger partial charge in [-0.1, -0.05) is 29.3 Å². The number of pyridine rings is 1. The van der Waals surface area contributed by atoms with Gasteiger partial charge in [0.25, 0.3) is 0 Å². The van der Waals surface area contributed by atoms with Crippen molar-refractivity contribution in [1.82, 2.24) is 9.97 Å². The first-order valence-corrected chi connectivity index (χ1v) is 6.64. The molecule has 2 heterocycles. The normalized spacial score (nSPS) is 11.7. The highest BCUT2D eigenvalue weighted by Gasteiger charge is 2.15. The van der Waals surface area contributed by atoms with E-state index in [1.54, 1.807) is 0 Å². The molecule has 92 valence electrons. The minimum absolute atomic E-state index is 0.713. The highest BCUT2D eigenvalue weighted by atomic mass is 35.5. The molecule has 2 aliphatic heterocycles. The number of H-pyrrole nitrogens is 1. The third-order valence-electron chi connectivity index (χ3n) is 3.30. The molecule has 0 aliphatic carbocycles. The van der Waals surface area contributed by atoms with Gasteiger partial charge in [-0.3, -0.25) is 0 Å². The van der Waals surface area contributed by atoms with Crippen molar-refractivity contribution in [3.05, 3.63) is 52.5 Å². The number of hydrogen-bond acceptors (Lipinski definition) is 1. The first-order chi connectivity index (χ1) is 9.22. The van der Waals surface area contributed by atoms with Gasteiger partial charge >= 0.3 is 0 Å². The maximum absolute atomic E-state index is 6.27. The molecule has 2 aliphatic rings. The molecule has 0 saturated carbocycles.